The van der Waals surface area contributed by atoms with Gasteiger partial charge in [0.2, 0.25) is 0 Å². The zero-order valence-corrected chi connectivity index (χ0v) is 13.0. The Morgan fingerprint density at radius 1 is 1.20 bits per heavy atom. The van der Waals surface area contributed by atoms with E-state index in [-0.39, 0.29) is 12.6 Å². The topological polar surface area (TPSA) is 30.7 Å². The molecule has 25 heavy (non-hydrogen) atoms. The third-order valence-electron chi connectivity index (χ3n) is 3.25. The number of alkyl halides is 6. The highest BCUT2D eigenvalue weighted by Crippen LogP contribution is 2.38. The van der Waals surface area contributed by atoms with Gasteiger partial charge in [0.25, 0.3) is 0 Å². The Morgan fingerprint density at radius 3 is 2.40 bits per heavy atom. The monoisotopic (exact) mass is 361 g/mol. The largest absolute Gasteiger partial charge is 0.433 e. The molecule has 9 heteroatoms. The fraction of sp³-hybridized carbons (Fsp3) is 0.250. The Morgan fingerprint density at radius 2 is 1.88 bits per heavy atom. The molecule has 0 aliphatic heterocycles. The number of allylic oxidation sites excluding steroid dienone is 5. The average Bonchev–Trinajstić information content (AvgIpc) is 2.88. The van der Waals surface area contributed by atoms with Gasteiger partial charge in [-0.25, -0.2) is 9.67 Å². The van der Waals surface area contributed by atoms with Crippen LogP contribution in [0.3, 0.4) is 0 Å². The lowest BCUT2D eigenvalue weighted by Gasteiger charge is -2.13. The summed E-state index contributed by atoms with van der Waals surface area (Å²) in [7, 11) is 0. The van der Waals surface area contributed by atoms with Crippen molar-refractivity contribution in [2.24, 2.45) is 0 Å². The predicted molar refractivity (Wildman–Crippen MR) is 80.6 cm³/mol. The number of nitrogens with zero attached hydrogens (tertiary/aromatic N) is 3. The van der Waals surface area contributed by atoms with Crippen LogP contribution in [0, 0.1) is 0 Å². The minimum Gasteiger partial charge on any atom is -0.243 e. The molecule has 2 aromatic rings. The van der Waals surface area contributed by atoms with Crippen LogP contribution in [0.4, 0.5) is 26.3 Å². The first-order valence-corrected chi connectivity index (χ1v) is 7.03. The first-order chi connectivity index (χ1) is 11.6. The Bertz CT molecular complexity index is 840. The van der Waals surface area contributed by atoms with Gasteiger partial charge in [-0.1, -0.05) is 30.9 Å². The second-order valence-corrected chi connectivity index (χ2v) is 5.07. The van der Waals surface area contributed by atoms with Crippen molar-refractivity contribution in [3.8, 4) is 0 Å². The van der Waals surface area contributed by atoms with Gasteiger partial charge in [-0.15, -0.1) is 0 Å². The standard InChI is InChI=1S/C16H13F6N3/c1-3-5-10(6-4-2)9-25-14-11(8-23-25)12(15(17,18)19)7-13(24-14)16(20,21)22/h3-8H,1,9H2,2H3/b6-4-,10-5+. The average molecular weight is 361 g/mol. The third-order valence-corrected chi connectivity index (χ3v) is 3.25. The quantitative estimate of drug-likeness (QED) is 0.556. The van der Waals surface area contributed by atoms with E-state index in [1.807, 2.05) is 0 Å². The lowest BCUT2D eigenvalue weighted by molar-refractivity contribution is -0.144. The number of hydrogen-bond donors (Lipinski definition) is 0. The summed E-state index contributed by atoms with van der Waals surface area (Å²) >= 11 is 0. The van der Waals surface area contributed by atoms with Gasteiger partial charge in [0.15, 0.2) is 5.65 Å². The van der Waals surface area contributed by atoms with E-state index in [0.717, 1.165) is 10.9 Å². The van der Waals surface area contributed by atoms with Gasteiger partial charge in [-0.2, -0.15) is 31.4 Å². The van der Waals surface area contributed by atoms with Crippen molar-refractivity contribution in [3.05, 3.63) is 60.0 Å². The van der Waals surface area contributed by atoms with E-state index in [1.54, 1.807) is 25.2 Å². The summed E-state index contributed by atoms with van der Waals surface area (Å²) in [6, 6.07) is 0.000784. The first kappa shape index (κ1) is 18.8. The summed E-state index contributed by atoms with van der Waals surface area (Å²) < 4.78 is 79.2. The van der Waals surface area contributed by atoms with Gasteiger partial charge in [0, 0.05) is 0 Å². The molecule has 0 aliphatic carbocycles. The first-order valence-electron chi connectivity index (χ1n) is 7.03. The van der Waals surface area contributed by atoms with Crippen LogP contribution in [0.2, 0.25) is 0 Å². The molecule has 0 amide bonds. The van der Waals surface area contributed by atoms with Gasteiger partial charge in [-0.05, 0) is 18.6 Å². The summed E-state index contributed by atoms with van der Waals surface area (Å²) in [4.78, 5) is 3.35. The van der Waals surface area contributed by atoms with E-state index in [1.165, 1.54) is 6.08 Å². The molecule has 0 unspecified atom stereocenters. The van der Waals surface area contributed by atoms with E-state index in [9.17, 15) is 26.3 Å². The second kappa shape index (κ2) is 6.73. The Kier molecular flexibility index (Phi) is 5.05. The van der Waals surface area contributed by atoms with Crippen molar-refractivity contribution in [1.82, 2.24) is 14.8 Å². The van der Waals surface area contributed by atoms with Crippen LogP contribution >= 0.6 is 0 Å². The molecule has 0 saturated carbocycles. The highest BCUT2D eigenvalue weighted by Gasteiger charge is 2.40. The van der Waals surface area contributed by atoms with E-state index < -0.39 is 34.6 Å². The minimum absolute atomic E-state index is 0.000784. The number of fused-ring (bicyclic) bond motifs is 1. The number of rotatable bonds is 4. The van der Waals surface area contributed by atoms with Gasteiger partial charge >= 0.3 is 12.4 Å². The maximum absolute atomic E-state index is 13.1. The summed E-state index contributed by atoms with van der Waals surface area (Å²) in [5.74, 6) is 0. The smallest absolute Gasteiger partial charge is 0.243 e. The number of aromatic nitrogens is 3. The van der Waals surface area contributed by atoms with Gasteiger partial charge in [0.05, 0.1) is 23.7 Å². The van der Waals surface area contributed by atoms with Crippen LogP contribution in [0.5, 0.6) is 0 Å². The van der Waals surface area contributed by atoms with Crippen LogP contribution in [-0.2, 0) is 18.9 Å². The Labute approximate surface area is 139 Å². The van der Waals surface area contributed by atoms with Crippen LogP contribution in [0.25, 0.3) is 11.0 Å². The van der Waals surface area contributed by atoms with Crippen LogP contribution in [-0.4, -0.2) is 14.8 Å². The fourth-order valence-corrected chi connectivity index (χ4v) is 2.24. The lowest BCUT2D eigenvalue weighted by Crippen LogP contribution is -2.14. The fourth-order valence-electron chi connectivity index (χ4n) is 2.24. The summed E-state index contributed by atoms with van der Waals surface area (Å²) in [6.07, 6.45) is -2.75. The Balaban J connectivity index is 2.69. The van der Waals surface area contributed by atoms with E-state index in [0.29, 0.717) is 5.57 Å². The molecule has 0 bridgehead atoms. The number of hydrogen-bond acceptors (Lipinski definition) is 2. The molecule has 0 aromatic carbocycles. The maximum atomic E-state index is 13.1. The van der Waals surface area contributed by atoms with E-state index >= 15 is 0 Å². The highest BCUT2D eigenvalue weighted by molar-refractivity contribution is 5.79. The normalized spacial score (nSPS) is 13.8. The summed E-state index contributed by atoms with van der Waals surface area (Å²) in [5, 5.41) is 3.29. The van der Waals surface area contributed by atoms with Crippen molar-refractivity contribution in [2.45, 2.75) is 25.8 Å². The van der Waals surface area contributed by atoms with Crippen LogP contribution in [0.1, 0.15) is 18.2 Å². The van der Waals surface area contributed by atoms with Crippen molar-refractivity contribution in [1.29, 1.82) is 0 Å². The molecular weight excluding hydrogens is 348 g/mol. The SMILES string of the molecule is C=C/C=C(\C=C/C)Cn1ncc2c(C(F)(F)F)cc(C(F)(F)F)nc21. The van der Waals surface area contributed by atoms with Crippen molar-refractivity contribution in [3.63, 3.8) is 0 Å². The molecule has 2 heterocycles. The van der Waals surface area contributed by atoms with Gasteiger partial charge in [0.1, 0.15) is 5.69 Å². The van der Waals surface area contributed by atoms with E-state index in [2.05, 4.69) is 16.7 Å². The molecule has 2 rings (SSSR count). The van der Waals surface area contributed by atoms with Crippen molar-refractivity contribution < 1.29 is 26.3 Å². The predicted octanol–water partition coefficient (Wildman–Crippen LogP) is 5.16. The maximum Gasteiger partial charge on any atom is 0.433 e. The van der Waals surface area contributed by atoms with E-state index in [4.69, 9.17) is 0 Å². The molecule has 0 radical (unpaired) electrons. The van der Waals surface area contributed by atoms with Crippen LogP contribution < -0.4 is 0 Å². The lowest BCUT2D eigenvalue weighted by atomic mass is 10.1. The molecular formula is C16H13F6N3. The second-order valence-electron chi connectivity index (χ2n) is 5.07. The highest BCUT2D eigenvalue weighted by atomic mass is 19.4. The molecule has 134 valence electrons. The molecule has 0 fully saturated rings. The number of pyridine rings is 1. The minimum atomic E-state index is -5.01. The third kappa shape index (κ3) is 4.09. The van der Waals surface area contributed by atoms with Crippen LogP contribution in [0.15, 0.2) is 48.7 Å². The molecule has 2 aromatic heterocycles. The zero-order valence-electron chi connectivity index (χ0n) is 13.0. The molecule has 0 aliphatic rings. The van der Waals surface area contributed by atoms with Crippen molar-refractivity contribution >= 4 is 11.0 Å². The Hall–Kier alpha value is -2.58. The molecule has 3 nitrogen and oxygen atoms in total. The van der Waals surface area contributed by atoms with Gasteiger partial charge < -0.3 is 0 Å². The molecule has 0 saturated heterocycles. The number of halogens is 6. The van der Waals surface area contributed by atoms with Gasteiger partial charge in [-0.3, -0.25) is 0 Å². The molecule has 0 spiro atoms. The molecule has 0 atom stereocenters. The summed E-state index contributed by atoms with van der Waals surface area (Å²) in [6.45, 7) is 5.19. The summed E-state index contributed by atoms with van der Waals surface area (Å²) in [5.41, 5.74) is -2.93. The molecule has 0 N–H and O–H groups in total. The van der Waals surface area contributed by atoms with Crippen molar-refractivity contribution in [2.75, 3.05) is 0 Å². The zero-order chi connectivity index (χ0) is 18.8.